The molecule has 2 aromatic rings. The monoisotopic (exact) mass is 422 g/mol. The van der Waals surface area contributed by atoms with E-state index in [-0.39, 0.29) is 10.7 Å². The van der Waals surface area contributed by atoms with Crippen molar-refractivity contribution in [1.82, 2.24) is 10.3 Å². The van der Waals surface area contributed by atoms with Crippen molar-refractivity contribution in [1.29, 1.82) is 0 Å². The molecule has 0 fully saturated rings. The highest BCUT2D eigenvalue weighted by atomic mass is 127. The number of rotatable bonds is 3. The van der Waals surface area contributed by atoms with E-state index in [1.165, 1.54) is 6.07 Å². The van der Waals surface area contributed by atoms with Gasteiger partial charge >= 0.3 is 0 Å². The van der Waals surface area contributed by atoms with Crippen LogP contribution in [0.1, 0.15) is 28.9 Å². The molecule has 1 atom stereocenters. The molecule has 0 aliphatic heterocycles. The summed E-state index contributed by atoms with van der Waals surface area (Å²) >= 11 is 7.90. The number of nitrogens with one attached hydrogen (secondary N) is 1. The minimum atomic E-state index is -0.956. The Labute approximate surface area is 138 Å². The van der Waals surface area contributed by atoms with Gasteiger partial charge < -0.3 is 5.32 Å². The standard InChI is InChI=1S/C14H10ClF2IN2O/c1-7(8-2-3-11(16)12(17)4-8)20-14(21)10-5-9(18)6-19-13(10)15/h2-7H,1H3,(H,20,21). The summed E-state index contributed by atoms with van der Waals surface area (Å²) in [7, 11) is 0. The van der Waals surface area contributed by atoms with E-state index >= 15 is 0 Å². The van der Waals surface area contributed by atoms with Crippen molar-refractivity contribution in [3.63, 3.8) is 0 Å². The van der Waals surface area contributed by atoms with Gasteiger partial charge in [-0.1, -0.05) is 17.7 Å². The van der Waals surface area contributed by atoms with E-state index in [1.54, 1.807) is 19.2 Å². The number of carbonyl (C=O) groups is 1. The van der Waals surface area contributed by atoms with Crippen LogP contribution in [0.25, 0.3) is 0 Å². The molecule has 1 aromatic carbocycles. The Balaban J connectivity index is 2.18. The van der Waals surface area contributed by atoms with Crippen molar-refractivity contribution in [2.24, 2.45) is 0 Å². The smallest absolute Gasteiger partial charge is 0.254 e. The Morgan fingerprint density at radius 2 is 2.05 bits per heavy atom. The summed E-state index contributed by atoms with van der Waals surface area (Å²) in [5.41, 5.74) is 0.690. The van der Waals surface area contributed by atoms with Gasteiger partial charge in [-0.15, -0.1) is 0 Å². The van der Waals surface area contributed by atoms with E-state index in [0.717, 1.165) is 15.7 Å². The second-order valence-electron chi connectivity index (χ2n) is 4.36. The zero-order valence-electron chi connectivity index (χ0n) is 10.8. The summed E-state index contributed by atoms with van der Waals surface area (Å²) < 4.78 is 26.9. The van der Waals surface area contributed by atoms with Gasteiger partial charge in [0.2, 0.25) is 0 Å². The molecule has 1 unspecified atom stereocenters. The summed E-state index contributed by atoms with van der Waals surface area (Å²) in [6.45, 7) is 1.67. The zero-order valence-corrected chi connectivity index (χ0v) is 13.7. The third-order valence-electron chi connectivity index (χ3n) is 2.84. The van der Waals surface area contributed by atoms with Gasteiger partial charge in [0.15, 0.2) is 11.6 Å². The lowest BCUT2D eigenvalue weighted by Gasteiger charge is -2.15. The number of benzene rings is 1. The molecule has 1 N–H and O–H groups in total. The summed E-state index contributed by atoms with van der Waals surface area (Å²) in [6.07, 6.45) is 1.54. The molecular weight excluding hydrogens is 413 g/mol. The lowest BCUT2D eigenvalue weighted by molar-refractivity contribution is 0.0939. The first kappa shape index (κ1) is 16.1. The average Bonchev–Trinajstić information content (AvgIpc) is 2.44. The van der Waals surface area contributed by atoms with Gasteiger partial charge in [-0.25, -0.2) is 13.8 Å². The van der Waals surface area contributed by atoms with E-state index < -0.39 is 23.6 Å². The molecule has 0 radical (unpaired) electrons. The Bertz CT molecular complexity index is 697. The van der Waals surface area contributed by atoms with Crippen LogP contribution < -0.4 is 5.32 Å². The predicted molar refractivity (Wildman–Crippen MR) is 84.2 cm³/mol. The third kappa shape index (κ3) is 3.88. The van der Waals surface area contributed by atoms with E-state index in [4.69, 9.17) is 11.6 Å². The van der Waals surface area contributed by atoms with Gasteiger partial charge in [-0.2, -0.15) is 0 Å². The summed E-state index contributed by atoms with van der Waals surface area (Å²) in [5, 5.41) is 2.76. The minimum Gasteiger partial charge on any atom is -0.345 e. The van der Waals surface area contributed by atoms with Gasteiger partial charge in [-0.05, 0) is 53.3 Å². The second kappa shape index (κ2) is 6.65. The number of aromatic nitrogens is 1. The van der Waals surface area contributed by atoms with Crippen molar-refractivity contribution < 1.29 is 13.6 Å². The van der Waals surface area contributed by atoms with Crippen LogP contribution in [0.15, 0.2) is 30.5 Å². The molecule has 2 rings (SSSR count). The molecule has 0 aliphatic rings. The van der Waals surface area contributed by atoms with E-state index in [2.05, 4.69) is 10.3 Å². The molecule has 1 aromatic heterocycles. The summed E-state index contributed by atoms with van der Waals surface area (Å²) in [5.74, 6) is -2.31. The fourth-order valence-electron chi connectivity index (χ4n) is 1.72. The molecular formula is C14H10ClF2IN2O. The topological polar surface area (TPSA) is 42.0 Å². The Kier molecular flexibility index (Phi) is 5.10. The van der Waals surface area contributed by atoms with Crippen LogP contribution in [0.4, 0.5) is 8.78 Å². The Morgan fingerprint density at radius 3 is 2.71 bits per heavy atom. The van der Waals surface area contributed by atoms with Gasteiger partial charge in [0.25, 0.3) is 5.91 Å². The van der Waals surface area contributed by atoms with Crippen LogP contribution in [0.2, 0.25) is 5.15 Å². The van der Waals surface area contributed by atoms with E-state index in [9.17, 15) is 13.6 Å². The predicted octanol–water partition coefficient (Wildman–Crippen LogP) is 4.11. The van der Waals surface area contributed by atoms with Crippen LogP contribution in [0.5, 0.6) is 0 Å². The first-order valence-electron chi connectivity index (χ1n) is 5.95. The highest BCUT2D eigenvalue weighted by Crippen LogP contribution is 2.19. The van der Waals surface area contributed by atoms with Crippen molar-refractivity contribution in [2.45, 2.75) is 13.0 Å². The first-order valence-corrected chi connectivity index (χ1v) is 7.41. The Morgan fingerprint density at radius 1 is 1.33 bits per heavy atom. The molecule has 0 saturated heterocycles. The fourth-order valence-corrected chi connectivity index (χ4v) is 2.36. The quantitative estimate of drug-likeness (QED) is 0.597. The molecule has 3 nitrogen and oxygen atoms in total. The van der Waals surface area contributed by atoms with Crippen LogP contribution >= 0.6 is 34.2 Å². The van der Waals surface area contributed by atoms with Gasteiger partial charge in [-0.3, -0.25) is 4.79 Å². The van der Waals surface area contributed by atoms with Crippen LogP contribution in [-0.2, 0) is 0 Å². The molecule has 1 heterocycles. The lowest BCUT2D eigenvalue weighted by atomic mass is 10.1. The van der Waals surface area contributed by atoms with Crippen molar-refractivity contribution in [3.8, 4) is 0 Å². The normalized spacial score (nSPS) is 12.0. The van der Waals surface area contributed by atoms with Gasteiger partial charge in [0, 0.05) is 9.77 Å². The van der Waals surface area contributed by atoms with Crippen LogP contribution in [-0.4, -0.2) is 10.9 Å². The molecule has 0 aliphatic carbocycles. The number of amides is 1. The number of pyridine rings is 1. The van der Waals surface area contributed by atoms with Crippen molar-refractivity contribution in [3.05, 3.63) is 61.9 Å². The van der Waals surface area contributed by atoms with Gasteiger partial charge in [0.1, 0.15) is 5.15 Å². The van der Waals surface area contributed by atoms with Crippen LogP contribution in [0.3, 0.4) is 0 Å². The van der Waals surface area contributed by atoms with Crippen molar-refractivity contribution >= 4 is 40.1 Å². The fraction of sp³-hybridized carbons (Fsp3) is 0.143. The molecule has 0 bridgehead atoms. The zero-order chi connectivity index (χ0) is 15.6. The molecule has 0 spiro atoms. The number of nitrogens with zero attached hydrogens (tertiary/aromatic N) is 1. The molecule has 1 amide bonds. The number of hydrogen-bond donors (Lipinski definition) is 1. The molecule has 0 saturated carbocycles. The van der Waals surface area contributed by atoms with Crippen LogP contribution in [0, 0.1) is 15.2 Å². The van der Waals surface area contributed by atoms with Crippen molar-refractivity contribution in [2.75, 3.05) is 0 Å². The lowest BCUT2D eigenvalue weighted by Crippen LogP contribution is -2.27. The molecule has 21 heavy (non-hydrogen) atoms. The first-order chi connectivity index (χ1) is 9.88. The number of carbonyl (C=O) groups excluding carboxylic acids is 1. The van der Waals surface area contributed by atoms with Gasteiger partial charge in [0.05, 0.1) is 11.6 Å². The summed E-state index contributed by atoms with van der Waals surface area (Å²) in [4.78, 5) is 16.0. The maximum atomic E-state index is 13.2. The second-order valence-corrected chi connectivity index (χ2v) is 5.96. The Hall–Kier alpha value is -1.28. The molecule has 110 valence electrons. The third-order valence-corrected chi connectivity index (χ3v) is 3.73. The molecule has 7 heteroatoms. The van der Waals surface area contributed by atoms with E-state index in [0.29, 0.717) is 5.56 Å². The van der Waals surface area contributed by atoms with E-state index in [1.807, 2.05) is 22.6 Å². The average molecular weight is 423 g/mol. The maximum Gasteiger partial charge on any atom is 0.254 e. The maximum absolute atomic E-state index is 13.2. The SMILES string of the molecule is CC(NC(=O)c1cc(I)cnc1Cl)c1ccc(F)c(F)c1. The highest BCUT2D eigenvalue weighted by molar-refractivity contribution is 14.1. The largest absolute Gasteiger partial charge is 0.345 e. The summed E-state index contributed by atoms with van der Waals surface area (Å²) in [6, 6.07) is 4.59. The number of hydrogen-bond acceptors (Lipinski definition) is 2. The number of halogens is 4. The highest BCUT2D eigenvalue weighted by Gasteiger charge is 2.16. The minimum absolute atomic E-state index is 0.0883.